The van der Waals surface area contributed by atoms with Gasteiger partial charge in [0.05, 0.1) is 0 Å². The van der Waals surface area contributed by atoms with Crippen LogP contribution in [-0.4, -0.2) is 27.8 Å². The highest BCUT2D eigenvalue weighted by Crippen LogP contribution is 2.27. The molecule has 0 fully saturated rings. The zero-order valence-electron chi connectivity index (χ0n) is 10.6. The summed E-state index contributed by atoms with van der Waals surface area (Å²) in [6.45, 7) is 3.58. The number of carboxylic acids is 1. The van der Waals surface area contributed by atoms with Crippen molar-refractivity contribution in [2.24, 2.45) is 0 Å². The fraction of sp³-hybridized carbons (Fsp3) is 0.214. The monoisotopic (exact) mass is 259 g/mol. The zero-order valence-corrected chi connectivity index (χ0v) is 10.6. The third kappa shape index (κ3) is 2.27. The molecule has 98 valence electrons. The number of carbonyl (C=O) groups is 3. The number of nitrogens with zero attached hydrogens (tertiary/aromatic N) is 1. The van der Waals surface area contributed by atoms with E-state index in [1.165, 1.54) is 0 Å². The van der Waals surface area contributed by atoms with E-state index in [2.05, 4.69) is 0 Å². The number of amides is 2. The van der Waals surface area contributed by atoms with Crippen molar-refractivity contribution in [2.75, 3.05) is 0 Å². The molecule has 0 aliphatic carbocycles. The van der Waals surface area contributed by atoms with Crippen molar-refractivity contribution in [2.45, 2.75) is 19.9 Å². The average molecular weight is 259 g/mol. The molecule has 0 aromatic heterocycles. The molecular formula is C14H13NO4. The maximum Gasteiger partial charge on any atom is 0.331 e. The standard InChI is InChI=1S/C14H13NO4/c1-8-3-4-9(2)10(7-8)13(14(18)19)15-11(16)5-6-12(15)17/h3-7,13H,1-2H3,(H,18,19). The first kappa shape index (κ1) is 13.0. The van der Waals surface area contributed by atoms with Gasteiger partial charge in [0.1, 0.15) is 0 Å². The second kappa shape index (κ2) is 4.68. The van der Waals surface area contributed by atoms with Crippen LogP contribution >= 0.6 is 0 Å². The van der Waals surface area contributed by atoms with Crippen LogP contribution in [0.4, 0.5) is 0 Å². The minimum Gasteiger partial charge on any atom is -0.479 e. The first-order valence-electron chi connectivity index (χ1n) is 5.77. The van der Waals surface area contributed by atoms with Gasteiger partial charge in [-0.15, -0.1) is 0 Å². The lowest BCUT2D eigenvalue weighted by Crippen LogP contribution is -2.39. The Labute approximate surface area is 110 Å². The Balaban J connectivity index is 2.52. The van der Waals surface area contributed by atoms with E-state index in [0.29, 0.717) is 5.56 Å². The zero-order chi connectivity index (χ0) is 14.2. The summed E-state index contributed by atoms with van der Waals surface area (Å²) in [6, 6.07) is 4.03. The molecule has 1 unspecified atom stereocenters. The van der Waals surface area contributed by atoms with E-state index in [1.807, 2.05) is 13.0 Å². The molecule has 1 aromatic rings. The Hall–Kier alpha value is -2.43. The maximum absolute atomic E-state index is 11.7. The number of benzene rings is 1. The fourth-order valence-corrected chi connectivity index (χ4v) is 2.10. The van der Waals surface area contributed by atoms with Crippen molar-refractivity contribution >= 4 is 17.8 Å². The van der Waals surface area contributed by atoms with Crippen LogP contribution in [-0.2, 0) is 14.4 Å². The van der Waals surface area contributed by atoms with Crippen LogP contribution in [0.15, 0.2) is 30.4 Å². The SMILES string of the molecule is Cc1ccc(C)c(C(C(=O)O)N2C(=O)C=CC2=O)c1. The number of hydrogen-bond acceptors (Lipinski definition) is 3. The van der Waals surface area contributed by atoms with Gasteiger partial charge in [-0.05, 0) is 25.0 Å². The van der Waals surface area contributed by atoms with Gasteiger partial charge in [-0.25, -0.2) is 4.79 Å². The number of aryl methyl sites for hydroxylation is 2. The van der Waals surface area contributed by atoms with Crippen molar-refractivity contribution in [1.82, 2.24) is 4.90 Å². The van der Waals surface area contributed by atoms with Gasteiger partial charge < -0.3 is 5.11 Å². The van der Waals surface area contributed by atoms with Crippen molar-refractivity contribution in [3.63, 3.8) is 0 Å². The normalized spacial score (nSPS) is 16.0. The molecule has 1 atom stereocenters. The second-order valence-electron chi connectivity index (χ2n) is 4.48. The Bertz CT molecular complexity index is 585. The number of imide groups is 1. The van der Waals surface area contributed by atoms with Gasteiger partial charge in [0.15, 0.2) is 6.04 Å². The van der Waals surface area contributed by atoms with Crippen LogP contribution in [0.5, 0.6) is 0 Å². The first-order valence-corrected chi connectivity index (χ1v) is 5.77. The van der Waals surface area contributed by atoms with Crippen LogP contribution in [0.25, 0.3) is 0 Å². The molecule has 1 aliphatic heterocycles. The Morgan fingerprint density at radius 3 is 2.26 bits per heavy atom. The topological polar surface area (TPSA) is 74.7 Å². The molecule has 5 heteroatoms. The lowest BCUT2D eigenvalue weighted by molar-refractivity contribution is -0.153. The predicted molar refractivity (Wildman–Crippen MR) is 67.3 cm³/mol. The summed E-state index contributed by atoms with van der Waals surface area (Å²) in [5.41, 5.74) is 2.06. The maximum atomic E-state index is 11.7. The van der Waals surface area contributed by atoms with Gasteiger partial charge in [-0.2, -0.15) is 0 Å². The van der Waals surface area contributed by atoms with E-state index >= 15 is 0 Å². The van der Waals surface area contributed by atoms with Crippen molar-refractivity contribution in [3.8, 4) is 0 Å². The Morgan fingerprint density at radius 2 is 1.74 bits per heavy atom. The summed E-state index contributed by atoms with van der Waals surface area (Å²) < 4.78 is 0. The van der Waals surface area contributed by atoms with Crippen molar-refractivity contribution in [3.05, 3.63) is 47.0 Å². The van der Waals surface area contributed by atoms with Gasteiger partial charge in [0.25, 0.3) is 11.8 Å². The average Bonchev–Trinajstić information content (AvgIpc) is 2.65. The van der Waals surface area contributed by atoms with E-state index in [-0.39, 0.29) is 0 Å². The van der Waals surface area contributed by atoms with Crippen LogP contribution < -0.4 is 0 Å². The third-order valence-corrected chi connectivity index (χ3v) is 3.06. The van der Waals surface area contributed by atoms with E-state index in [1.54, 1.807) is 19.1 Å². The molecule has 2 rings (SSSR count). The van der Waals surface area contributed by atoms with Gasteiger partial charge >= 0.3 is 5.97 Å². The van der Waals surface area contributed by atoms with Crippen LogP contribution in [0, 0.1) is 13.8 Å². The lowest BCUT2D eigenvalue weighted by Gasteiger charge is -2.24. The number of aliphatic carboxylic acids is 1. The summed E-state index contributed by atoms with van der Waals surface area (Å²) in [4.78, 5) is 35.5. The number of carboxylic acid groups (broad SMARTS) is 1. The fourth-order valence-electron chi connectivity index (χ4n) is 2.10. The lowest BCUT2D eigenvalue weighted by atomic mass is 9.98. The molecule has 5 nitrogen and oxygen atoms in total. The molecule has 19 heavy (non-hydrogen) atoms. The van der Waals surface area contributed by atoms with Gasteiger partial charge in [-0.1, -0.05) is 23.8 Å². The van der Waals surface area contributed by atoms with Crippen molar-refractivity contribution < 1.29 is 19.5 Å². The minimum atomic E-state index is -1.28. The number of rotatable bonds is 3. The van der Waals surface area contributed by atoms with Gasteiger partial charge in [0.2, 0.25) is 0 Å². The van der Waals surface area contributed by atoms with E-state index in [4.69, 9.17) is 0 Å². The van der Waals surface area contributed by atoms with Crippen LogP contribution in [0.1, 0.15) is 22.7 Å². The molecule has 1 heterocycles. The summed E-state index contributed by atoms with van der Waals surface area (Å²) in [5, 5.41) is 9.36. The molecule has 0 saturated heterocycles. The smallest absolute Gasteiger partial charge is 0.331 e. The Kier molecular flexibility index (Phi) is 3.21. The van der Waals surface area contributed by atoms with E-state index in [0.717, 1.165) is 28.2 Å². The molecular weight excluding hydrogens is 246 g/mol. The molecule has 0 bridgehead atoms. The molecule has 0 saturated carbocycles. The second-order valence-corrected chi connectivity index (χ2v) is 4.48. The predicted octanol–water partition coefficient (Wildman–Crippen LogP) is 1.35. The minimum absolute atomic E-state index is 0.456. The Morgan fingerprint density at radius 1 is 1.16 bits per heavy atom. The van der Waals surface area contributed by atoms with Crippen LogP contribution in [0.3, 0.4) is 0 Å². The van der Waals surface area contributed by atoms with E-state index in [9.17, 15) is 19.5 Å². The van der Waals surface area contributed by atoms with E-state index < -0.39 is 23.8 Å². The van der Waals surface area contributed by atoms with Crippen molar-refractivity contribution in [1.29, 1.82) is 0 Å². The number of carbonyl (C=O) groups excluding carboxylic acids is 2. The summed E-state index contributed by atoms with van der Waals surface area (Å²) >= 11 is 0. The first-order chi connectivity index (χ1) is 8.91. The largest absolute Gasteiger partial charge is 0.479 e. The molecule has 1 N–H and O–H groups in total. The molecule has 2 amide bonds. The molecule has 0 spiro atoms. The summed E-state index contributed by atoms with van der Waals surface area (Å²) in [7, 11) is 0. The summed E-state index contributed by atoms with van der Waals surface area (Å²) in [5.74, 6) is -2.42. The molecule has 0 radical (unpaired) electrons. The third-order valence-electron chi connectivity index (χ3n) is 3.06. The number of hydrogen-bond donors (Lipinski definition) is 1. The highest BCUT2D eigenvalue weighted by Gasteiger charge is 2.37. The quantitative estimate of drug-likeness (QED) is 0.831. The molecule has 1 aromatic carbocycles. The van der Waals surface area contributed by atoms with Gasteiger partial charge in [-0.3, -0.25) is 14.5 Å². The van der Waals surface area contributed by atoms with Crippen LogP contribution in [0.2, 0.25) is 0 Å². The summed E-state index contributed by atoms with van der Waals surface area (Å²) in [6.07, 6.45) is 2.17. The highest BCUT2D eigenvalue weighted by atomic mass is 16.4. The molecule has 1 aliphatic rings. The van der Waals surface area contributed by atoms with Gasteiger partial charge in [0, 0.05) is 12.2 Å². The highest BCUT2D eigenvalue weighted by molar-refractivity contribution is 6.14.